The van der Waals surface area contributed by atoms with Crippen LogP contribution in [0.15, 0.2) is 47.2 Å². The first-order valence-electron chi connectivity index (χ1n) is 6.91. The number of carbonyl (C=O) groups excluding carboxylic acids is 1. The van der Waals surface area contributed by atoms with Gasteiger partial charge in [0.1, 0.15) is 0 Å². The van der Waals surface area contributed by atoms with E-state index in [2.05, 4.69) is 27.0 Å². The highest BCUT2D eigenvalue weighted by Crippen LogP contribution is 2.28. The second kappa shape index (κ2) is 6.20. The van der Waals surface area contributed by atoms with Crippen molar-refractivity contribution in [3.63, 3.8) is 0 Å². The van der Waals surface area contributed by atoms with Crippen molar-refractivity contribution in [1.29, 1.82) is 0 Å². The van der Waals surface area contributed by atoms with Crippen molar-refractivity contribution in [3.05, 3.63) is 52.7 Å². The zero-order valence-electron chi connectivity index (χ0n) is 11.3. The third-order valence-electron chi connectivity index (χ3n) is 3.43. The van der Waals surface area contributed by atoms with Crippen LogP contribution in [0.5, 0.6) is 0 Å². The lowest BCUT2D eigenvalue weighted by Crippen LogP contribution is -2.34. The number of anilines is 1. The molecule has 3 rings (SSSR count). The highest BCUT2D eigenvalue weighted by Gasteiger charge is 2.30. The molecule has 1 aromatic heterocycles. The molecule has 0 saturated heterocycles. The maximum absolute atomic E-state index is 12.1. The third-order valence-corrected chi connectivity index (χ3v) is 4.17. The van der Waals surface area contributed by atoms with Crippen molar-refractivity contribution in [2.24, 2.45) is 0 Å². The van der Waals surface area contributed by atoms with Gasteiger partial charge in [-0.2, -0.15) is 11.3 Å². The number of rotatable bonds is 6. The van der Waals surface area contributed by atoms with Gasteiger partial charge in [-0.3, -0.25) is 9.69 Å². The van der Waals surface area contributed by atoms with Crippen LogP contribution in [0.4, 0.5) is 5.69 Å². The Bertz CT molecular complexity index is 549. The van der Waals surface area contributed by atoms with Gasteiger partial charge in [-0.05, 0) is 47.4 Å². The average Bonchev–Trinajstić information content (AvgIpc) is 3.18. The highest BCUT2D eigenvalue weighted by atomic mass is 32.1. The van der Waals surface area contributed by atoms with Crippen LogP contribution in [0.3, 0.4) is 0 Å². The van der Waals surface area contributed by atoms with Crippen LogP contribution in [0.1, 0.15) is 18.4 Å². The maximum atomic E-state index is 12.1. The fraction of sp³-hybridized carbons (Fsp3) is 0.312. The van der Waals surface area contributed by atoms with E-state index < -0.39 is 0 Å². The summed E-state index contributed by atoms with van der Waals surface area (Å²) in [6.45, 7) is 1.34. The Hall–Kier alpha value is -1.65. The van der Waals surface area contributed by atoms with Crippen LogP contribution in [0.25, 0.3) is 0 Å². The standard InChI is InChI=1S/C16H18N2OS/c19-16(17-14-4-2-1-3-5-14)11-18(15-6-7-15)10-13-8-9-20-12-13/h1-5,8-9,12,15H,6-7,10-11H2,(H,17,19). The Morgan fingerprint density at radius 2 is 2.05 bits per heavy atom. The van der Waals surface area contributed by atoms with Gasteiger partial charge in [-0.25, -0.2) is 0 Å². The molecule has 1 fully saturated rings. The highest BCUT2D eigenvalue weighted by molar-refractivity contribution is 7.07. The molecule has 1 amide bonds. The van der Waals surface area contributed by atoms with E-state index in [0.29, 0.717) is 12.6 Å². The fourth-order valence-electron chi connectivity index (χ4n) is 2.28. The van der Waals surface area contributed by atoms with Gasteiger partial charge in [-0.15, -0.1) is 0 Å². The van der Waals surface area contributed by atoms with E-state index in [1.165, 1.54) is 18.4 Å². The van der Waals surface area contributed by atoms with Gasteiger partial charge in [0, 0.05) is 18.3 Å². The lowest BCUT2D eigenvalue weighted by atomic mass is 10.3. The van der Waals surface area contributed by atoms with Gasteiger partial charge in [-0.1, -0.05) is 18.2 Å². The predicted octanol–water partition coefficient (Wildman–Crippen LogP) is 3.35. The Morgan fingerprint density at radius 1 is 1.25 bits per heavy atom. The smallest absolute Gasteiger partial charge is 0.238 e. The molecule has 1 aromatic carbocycles. The molecule has 1 N–H and O–H groups in total. The van der Waals surface area contributed by atoms with Crippen molar-refractivity contribution in [3.8, 4) is 0 Å². The minimum absolute atomic E-state index is 0.0679. The summed E-state index contributed by atoms with van der Waals surface area (Å²) < 4.78 is 0. The summed E-state index contributed by atoms with van der Waals surface area (Å²) in [6.07, 6.45) is 2.42. The number of carbonyl (C=O) groups is 1. The second-order valence-electron chi connectivity index (χ2n) is 5.18. The Balaban J connectivity index is 1.57. The summed E-state index contributed by atoms with van der Waals surface area (Å²) in [5.74, 6) is 0.0679. The summed E-state index contributed by atoms with van der Waals surface area (Å²) in [7, 11) is 0. The summed E-state index contributed by atoms with van der Waals surface area (Å²) >= 11 is 1.71. The van der Waals surface area contributed by atoms with E-state index in [1.807, 2.05) is 30.3 Å². The Kier molecular flexibility index (Phi) is 4.14. The molecule has 2 aromatic rings. The lowest BCUT2D eigenvalue weighted by Gasteiger charge is -2.20. The molecule has 3 nitrogen and oxygen atoms in total. The van der Waals surface area contributed by atoms with E-state index in [9.17, 15) is 4.79 Å². The summed E-state index contributed by atoms with van der Waals surface area (Å²) in [4.78, 5) is 14.4. The fourth-order valence-corrected chi connectivity index (χ4v) is 2.94. The van der Waals surface area contributed by atoms with Gasteiger partial charge in [0.25, 0.3) is 0 Å². The molecule has 0 radical (unpaired) electrons. The van der Waals surface area contributed by atoms with Gasteiger partial charge < -0.3 is 5.32 Å². The molecular formula is C16H18N2OS. The number of thiophene rings is 1. The molecular weight excluding hydrogens is 268 g/mol. The van der Waals surface area contributed by atoms with Crippen LogP contribution < -0.4 is 5.32 Å². The quantitative estimate of drug-likeness (QED) is 0.883. The first kappa shape index (κ1) is 13.3. The molecule has 0 aliphatic heterocycles. The van der Waals surface area contributed by atoms with E-state index in [4.69, 9.17) is 0 Å². The molecule has 0 unspecified atom stereocenters. The number of benzene rings is 1. The summed E-state index contributed by atoms with van der Waals surface area (Å²) in [6, 6.07) is 12.4. The van der Waals surface area contributed by atoms with Crippen molar-refractivity contribution in [2.45, 2.75) is 25.4 Å². The van der Waals surface area contributed by atoms with Crippen molar-refractivity contribution >= 4 is 22.9 Å². The maximum Gasteiger partial charge on any atom is 0.238 e. The van der Waals surface area contributed by atoms with Crippen LogP contribution in [0, 0.1) is 0 Å². The molecule has 0 spiro atoms. The average molecular weight is 286 g/mol. The lowest BCUT2D eigenvalue weighted by molar-refractivity contribution is -0.117. The number of para-hydroxylation sites is 1. The molecule has 20 heavy (non-hydrogen) atoms. The topological polar surface area (TPSA) is 32.3 Å². The van der Waals surface area contributed by atoms with E-state index in [-0.39, 0.29) is 5.91 Å². The molecule has 0 bridgehead atoms. The molecule has 0 atom stereocenters. The van der Waals surface area contributed by atoms with Crippen LogP contribution in [-0.2, 0) is 11.3 Å². The minimum atomic E-state index is 0.0679. The molecule has 4 heteroatoms. The minimum Gasteiger partial charge on any atom is -0.325 e. The molecule has 1 aliphatic rings. The third kappa shape index (κ3) is 3.68. The van der Waals surface area contributed by atoms with Crippen molar-refractivity contribution in [1.82, 2.24) is 4.90 Å². The first-order valence-corrected chi connectivity index (χ1v) is 7.85. The zero-order valence-corrected chi connectivity index (χ0v) is 12.1. The van der Waals surface area contributed by atoms with E-state index in [1.54, 1.807) is 11.3 Å². The van der Waals surface area contributed by atoms with Gasteiger partial charge in [0.05, 0.1) is 6.54 Å². The molecule has 1 saturated carbocycles. The molecule has 1 heterocycles. The Morgan fingerprint density at radius 3 is 2.70 bits per heavy atom. The van der Waals surface area contributed by atoms with Gasteiger partial charge in [0.2, 0.25) is 5.91 Å². The zero-order chi connectivity index (χ0) is 13.8. The predicted molar refractivity (Wildman–Crippen MR) is 82.8 cm³/mol. The number of hydrogen-bond donors (Lipinski definition) is 1. The van der Waals surface area contributed by atoms with Crippen LogP contribution >= 0.6 is 11.3 Å². The van der Waals surface area contributed by atoms with E-state index >= 15 is 0 Å². The summed E-state index contributed by atoms with van der Waals surface area (Å²) in [5.41, 5.74) is 2.16. The van der Waals surface area contributed by atoms with E-state index in [0.717, 1.165) is 12.2 Å². The van der Waals surface area contributed by atoms with Gasteiger partial charge in [0.15, 0.2) is 0 Å². The SMILES string of the molecule is O=C(CN(Cc1ccsc1)C1CC1)Nc1ccccc1. The normalized spacial score (nSPS) is 14.4. The monoisotopic (exact) mass is 286 g/mol. The number of nitrogens with zero attached hydrogens (tertiary/aromatic N) is 1. The van der Waals surface area contributed by atoms with Crippen molar-refractivity contribution in [2.75, 3.05) is 11.9 Å². The second-order valence-corrected chi connectivity index (χ2v) is 5.96. The molecule has 1 aliphatic carbocycles. The van der Waals surface area contributed by atoms with Crippen molar-refractivity contribution < 1.29 is 4.79 Å². The number of nitrogens with one attached hydrogen (secondary N) is 1. The number of amides is 1. The largest absolute Gasteiger partial charge is 0.325 e. The van der Waals surface area contributed by atoms with Crippen LogP contribution in [-0.4, -0.2) is 23.4 Å². The van der Waals surface area contributed by atoms with Crippen LogP contribution in [0.2, 0.25) is 0 Å². The number of hydrogen-bond acceptors (Lipinski definition) is 3. The Labute approximate surface area is 123 Å². The molecule has 104 valence electrons. The van der Waals surface area contributed by atoms with Gasteiger partial charge >= 0.3 is 0 Å². The summed E-state index contributed by atoms with van der Waals surface area (Å²) in [5, 5.41) is 7.20. The first-order chi connectivity index (χ1) is 9.81.